The number of nitrogens with zero attached hydrogens (tertiary/aromatic N) is 6. The first-order valence-corrected chi connectivity index (χ1v) is 14.1. The van der Waals surface area contributed by atoms with Gasteiger partial charge in [-0.1, -0.05) is 24.3 Å². The summed E-state index contributed by atoms with van der Waals surface area (Å²) in [7, 11) is 5.58. The largest absolute Gasteiger partial charge is 0.391 e. The molecule has 0 radical (unpaired) electrons. The number of piperidine rings is 1. The topological polar surface area (TPSA) is 77.2 Å². The number of likely N-dealkylation sites (tertiary alicyclic amines) is 1. The van der Waals surface area contributed by atoms with E-state index >= 15 is 0 Å². The van der Waals surface area contributed by atoms with Crippen molar-refractivity contribution in [1.29, 1.82) is 0 Å². The van der Waals surface area contributed by atoms with E-state index in [1.165, 1.54) is 29.0 Å². The van der Waals surface area contributed by atoms with Crippen LogP contribution in [-0.4, -0.2) is 76.0 Å². The van der Waals surface area contributed by atoms with Gasteiger partial charge in [0.25, 0.3) is 0 Å². The zero-order valence-electron chi connectivity index (χ0n) is 22.9. The molecule has 206 valence electrons. The predicted molar refractivity (Wildman–Crippen MR) is 153 cm³/mol. The first-order chi connectivity index (χ1) is 18.8. The molecule has 4 aromatic rings. The van der Waals surface area contributed by atoms with Crippen molar-refractivity contribution in [3.05, 3.63) is 64.5 Å². The monoisotopic (exact) mass is 550 g/mol. The summed E-state index contributed by atoms with van der Waals surface area (Å²) in [6.45, 7) is 4.21. The molecule has 0 unspecified atom stereocenters. The number of aryl methyl sites for hydroxylation is 1. The van der Waals surface area contributed by atoms with Gasteiger partial charge in [-0.05, 0) is 74.2 Å². The van der Waals surface area contributed by atoms with E-state index in [2.05, 4.69) is 34.6 Å². The number of aliphatic hydroxyl groups is 1. The van der Waals surface area contributed by atoms with Crippen LogP contribution in [0.5, 0.6) is 0 Å². The van der Waals surface area contributed by atoms with Crippen molar-refractivity contribution in [3.8, 4) is 11.3 Å². The van der Waals surface area contributed by atoms with Crippen LogP contribution in [0.3, 0.4) is 0 Å². The Hall–Kier alpha value is -3.34. The maximum absolute atomic E-state index is 13.5. The molecule has 1 amide bonds. The SMILES string of the molecule is CCc1nc2ccc(C3CCN(CC(=O)N(C)C)CC3)cn2c1N(C)c1nc(-c2ccc(F)cc2)c(CO)s1. The van der Waals surface area contributed by atoms with E-state index in [1.54, 1.807) is 31.1 Å². The minimum Gasteiger partial charge on any atom is -0.391 e. The van der Waals surface area contributed by atoms with Gasteiger partial charge in [-0.15, -0.1) is 0 Å². The molecule has 0 saturated carbocycles. The molecule has 8 nitrogen and oxygen atoms in total. The molecule has 0 aliphatic carbocycles. The first-order valence-electron chi connectivity index (χ1n) is 13.3. The highest BCUT2D eigenvalue weighted by Gasteiger charge is 2.25. The van der Waals surface area contributed by atoms with Gasteiger partial charge in [0.15, 0.2) is 5.13 Å². The lowest BCUT2D eigenvalue weighted by atomic mass is 9.90. The number of halogens is 1. The van der Waals surface area contributed by atoms with E-state index in [4.69, 9.17) is 9.97 Å². The highest BCUT2D eigenvalue weighted by molar-refractivity contribution is 7.16. The fraction of sp³-hybridized carbons (Fsp3) is 0.414. The number of pyridine rings is 1. The summed E-state index contributed by atoms with van der Waals surface area (Å²) >= 11 is 1.43. The van der Waals surface area contributed by atoms with Crippen LogP contribution >= 0.6 is 11.3 Å². The van der Waals surface area contributed by atoms with Crippen LogP contribution in [0.25, 0.3) is 16.9 Å². The summed E-state index contributed by atoms with van der Waals surface area (Å²) in [5.74, 6) is 1.20. The second-order valence-electron chi connectivity index (χ2n) is 10.3. The number of imidazole rings is 1. The van der Waals surface area contributed by atoms with Crippen molar-refractivity contribution in [2.75, 3.05) is 45.7 Å². The van der Waals surface area contributed by atoms with Crippen molar-refractivity contribution in [2.24, 2.45) is 0 Å². The molecule has 1 N–H and O–H groups in total. The molecule has 39 heavy (non-hydrogen) atoms. The van der Waals surface area contributed by atoms with Gasteiger partial charge in [0, 0.05) is 32.9 Å². The standard InChI is InChI=1S/C29H35FN6O2S/c1-5-23-28(34(4)29-32-27(24(18-37)39-29)20-6-9-22(30)10-7-20)36-16-21(8-11-25(36)31-23)19-12-14-35(15-13-19)17-26(38)33(2)3/h6-11,16,19,37H,5,12-15,17-18H2,1-4H3. The molecule has 5 rings (SSSR count). The minimum atomic E-state index is -0.307. The second-order valence-corrected chi connectivity index (χ2v) is 11.3. The Balaban J connectivity index is 1.43. The highest BCUT2D eigenvalue weighted by atomic mass is 32.1. The van der Waals surface area contributed by atoms with Crippen molar-refractivity contribution >= 4 is 33.8 Å². The lowest BCUT2D eigenvalue weighted by Crippen LogP contribution is -2.40. The Kier molecular flexibility index (Phi) is 7.97. The summed E-state index contributed by atoms with van der Waals surface area (Å²) in [6, 6.07) is 10.4. The number of anilines is 2. The average Bonchev–Trinajstić information content (AvgIpc) is 3.54. The third-order valence-corrected chi connectivity index (χ3v) is 8.61. The minimum absolute atomic E-state index is 0.141. The maximum atomic E-state index is 13.5. The van der Waals surface area contributed by atoms with Gasteiger partial charge in [-0.3, -0.25) is 14.1 Å². The number of likely N-dealkylation sites (N-methyl/N-ethyl adjacent to an activating group) is 1. The Bertz CT molecular complexity index is 1460. The molecular formula is C29H35FN6O2S. The van der Waals surface area contributed by atoms with Crippen LogP contribution in [-0.2, 0) is 17.8 Å². The van der Waals surface area contributed by atoms with Crippen LogP contribution in [0, 0.1) is 5.82 Å². The molecule has 0 bridgehead atoms. The van der Waals surface area contributed by atoms with Gasteiger partial charge in [0.2, 0.25) is 5.91 Å². The molecule has 1 aromatic carbocycles. The Labute approximate surface area is 232 Å². The number of amides is 1. The van der Waals surface area contributed by atoms with E-state index in [0.717, 1.165) is 65.1 Å². The van der Waals surface area contributed by atoms with Crippen LogP contribution in [0.1, 0.15) is 41.8 Å². The average molecular weight is 551 g/mol. The molecule has 10 heteroatoms. The number of aliphatic hydroxyl groups excluding tert-OH is 1. The predicted octanol–water partition coefficient (Wildman–Crippen LogP) is 4.69. The van der Waals surface area contributed by atoms with Crippen LogP contribution < -0.4 is 4.90 Å². The smallest absolute Gasteiger partial charge is 0.236 e. The van der Waals surface area contributed by atoms with Crippen molar-refractivity contribution < 1.29 is 14.3 Å². The summed E-state index contributed by atoms with van der Waals surface area (Å²) in [5, 5.41) is 10.8. The summed E-state index contributed by atoms with van der Waals surface area (Å²) < 4.78 is 15.6. The maximum Gasteiger partial charge on any atom is 0.236 e. The van der Waals surface area contributed by atoms with Crippen molar-refractivity contribution in [2.45, 2.75) is 38.7 Å². The van der Waals surface area contributed by atoms with Gasteiger partial charge in [-0.2, -0.15) is 0 Å². The lowest BCUT2D eigenvalue weighted by Gasteiger charge is -2.32. The number of hydrogen-bond acceptors (Lipinski definition) is 7. The molecule has 3 aromatic heterocycles. The quantitative estimate of drug-likeness (QED) is 0.343. The Morgan fingerprint density at radius 2 is 1.82 bits per heavy atom. The molecular weight excluding hydrogens is 515 g/mol. The van der Waals surface area contributed by atoms with Gasteiger partial charge in [0.1, 0.15) is 17.3 Å². The first kappa shape index (κ1) is 27.2. The summed E-state index contributed by atoms with van der Waals surface area (Å²) in [5.41, 5.74) is 4.54. The van der Waals surface area contributed by atoms with Gasteiger partial charge >= 0.3 is 0 Å². The van der Waals surface area contributed by atoms with Crippen LogP contribution in [0.2, 0.25) is 0 Å². The molecule has 0 spiro atoms. The van der Waals surface area contributed by atoms with Gasteiger partial charge in [-0.25, -0.2) is 14.4 Å². The number of hydrogen-bond donors (Lipinski definition) is 1. The number of carbonyl (C=O) groups is 1. The molecule has 1 aliphatic rings. The fourth-order valence-corrected chi connectivity index (χ4v) is 6.11. The van der Waals surface area contributed by atoms with Crippen LogP contribution in [0.15, 0.2) is 42.6 Å². The fourth-order valence-electron chi connectivity index (χ4n) is 5.20. The summed E-state index contributed by atoms with van der Waals surface area (Å²) in [6.07, 6.45) is 4.96. The third kappa shape index (κ3) is 5.54. The Morgan fingerprint density at radius 3 is 2.46 bits per heavy atom. The summed E-state index contributed by atoms with van der Waals surface area (Å²) in [4.78, 5) is 28.5. The third-order valence-electron chi connectivity index (χ3n) is 7.49. The molecule has 0 atom stereocenters. The van der Waals surface area contributed by atoms with E-state index < -0.39 is 0 Å². The molecule has 1 saturated heterocycles. The highest BCUT2D eigenvalue weighted by Crippen LogP contribution is 2.38. The number of carbonyl (C=O) groups excluding carboxylic acids is 1. The number of rotatable bonds is 8. The lowest BCUT2D eigenvalue weighted by molar-refractivity contribution is -0.130. The number of fused-ring (bicyclic) bond motifs is 1. The van der Waals surface area contributed by atoms with Gasteiger partial charge < -0.3 is 14.9 Å². The molecule has 4 heterocycles. The van der Waals surface area contributed by atoms with Gasteiger partial charge in [0.05, 0.1) is 29.4 Å². The number of benzene rings is 1. The molecule has 1 fully saturated rings. The van der Waals surface area contributed by atoms with Crippen LogP contribution in [0.4, 0.5) is 15.3 Å². The Morgan fingerprint density at radius 1 is 1.10 bits per heavy atom. The van der Waals surface area contributed by atoms with E-state index in [9.17, 15) is 14.3 Å². The number of thiazole rings is 1. The van der Waals surface area contributed by atoms with E-state index in [0.29, 0.717) is 18.2 Å². The normalized spacial score (nSPS) is 14.7. The van der Waals surface area contributed by atoms with E-state index in [1.807, 2.05) is 11.9 Å². The van der Waals surface area contributed by atoms with Crippen molar-refractivity contribution in [1.82, 2.24) is 24.2 Å². The zero-order valence-corrected chi connectivity index (χ0v) is 23.7. The van der Waals surface area contributed by atoms with Crippen molar-refractivity contribution in [3.63, 3.8) is 0 Å². The number of aromatic nitrogens is 3. The molecule has 1 aliphatic heterocycles. The second kappa shape index (κ2) is 11.4. The van der Waals surface area contributed by atoms with E-state index in [-0.39, 0.29) is 18.3 Å². The zero-order chi connectivity index (χ0) is 27.7.